The molecule has 2 aromatic carbocycles. The number of benzene rings is 2. The van der Waals surface area contributed by atoms with E-state index in [0.717, 1.165) is 24.7 Å². The minimum absolute atomic E-state index is 0.00687. The van der Waals surface area contributed by atoms with Crippen molar-refractivity contribution in [3.8, 4) is 11.3 Å². The monoisotopic (exact) mass is 681 g/mol. The summed E-state index contributed by atoms with van der Waals surface area (Å²) in [4.78, 5) is 29.3. The van der Waals surface area contributed by atoms with Gasteiger partial charge in [-0.3, -0.25) is 14.3 Å². The van der Waals surface area contributed by atoms with Crippen LogP contribution in [0.1, 0.15) is 49.3 Å². The fraction of sp³-hybridized carbons (Fsp3) is 0.370. The number of aromatic nitrogens is 2. The van der Waals surface area contributed by atoms with Crippen molar-refractivity contribution in [2.24, 2.45) is 12.5 Å². The molecule has 222 valence electrons. The van der Waals surface area contributed by atoms with E-state index in [1.165, 1.54) is 5.06 Å². The molecule has 7 nitrogen and oxygen atoms in total. The lowest BCUT2D eigenvalue weighted by molar-refractivity contribution is -0.165. The van der Waals surface area contributed by atoms with E-state index in [2.05, 4.69) is 21.0 Å². The van der Waals surface area contributed by atoms with Crippen LogP contribution in [0.5, 0.6) is 0 Å². The Hall–Kier alpha value is -2.67. The smallest absolute Gasteiger partial charge is 0.434 e. The van der Waals surface area contributed by atoms with Gasteiger partial charge in [0.25, 0.3) is 5.91 Å². The lowest BCUT2D eigenvalue weighted by Crippen LogP contribution is -2.30. The Morgan fingerprint density at radius 2 is 1.83 bits per heavy atom. The third kappa shape index (κ3) is 7.59. The molecule has 1 amide bonds. The summed E-state index contributed by atoms with van der Waals surface area (Å²) in [5, 5.41) is 5.55. The Balaban J connectivity index is 0.000000248. The van der Waals surface area contributed by atoms with Gasteiger partial charge in [0.2, 0.25) is 0 Å². The molecule has 1 fully saturated rings. The molecule has 14 heteroatoms. The first-order chi connectivity index (χ1) is 18.9. The van der Waals surface area contributed by atoms with E-state index in [-0.39, 0.29) is 27.8 Å². The second-order valence-electron chi connectivity index (χ2n) is 9.99. The number of aryl methyl sites for hydroxylation is 1. The summed E-state index contributed by atoms with van der Waals surface area (Å²) in [7, 11) is 1.08. The summed E-state index contributed by atoms with van der Waals surface area (Å²) < 4.78 is 58.6. The molecule has 0 bridgehead atoms. The maximum atomic E-state index is 14.3. The predicted molar refractivity (Wildman–Crippen MR) is 149 cm³/mol. The maximum absolute atomic E-state index is 14.3. The standard InChI is InChI=1S/C15H12BrClF4N2O2.C12H14ClNO2/c1-6(2)25-14(24)7-4-8(10(18)5-9(7)17)12-11(16)13(15(19,20)21)23(3)22-12;1-12(2)8-16-14(11(12)15)7-9-5-3-4-6-10(9)13/h4-6H,1-3H3;3-6H,7-8H2,1-2H3. The molecule has 0 saturated carbocycles. The van der Waals surface area contributed by atoms with Crippen LogP contribution >= 0.6 is 39.1 Å². The van der Waals surface area contributed by atoms with E-state index in [0.29, 0.717) is 22.9 Å². The van der Waals surface area contributed by atoms with Crippen molar-refractivity contribution < 1.29 is 36.7 Å². The second kappa shape index (κ2) is 12.7. The molecule has 1 aliphatic heterocycles. The van der Waals surface area contributed by atoms with Crippen LogP contribution in [0.4, 0.5) is 17.6 Å². The molecule has 1 aliphatic rings. The van der Waals surface area contributed by atoms with Crippen molar-refractivity contribution >= 4 is 51.0 Å². The van der Waals surface area contributed by atoms with Crippen molar-refractivity contribution in [2.75, 3.05) is 6.61 Å². The van der Waals surface area contributed by atoms with Gasteiger partial charge in [0.15, 0.2) is 5.69 Å². The number of ether oxygens (including phenoxy) is 1. The molecule has 41 heavy (non-hydrogen) atoms. The topological polar surface area (TPSA) is 73.7 Å². The molecule has 1 saturated heterocycles. The molecule has 0 unspecified atom stereocenters. The highest BCUT2D eigenvalue weighted by Crippen LogP contribution is 2.41. The minimum atomic E-state index is -4.69. The zero-order valence-electron chi connectivity index (χ0n) is 22.6. The summed E-state index contributed by atoms with van der Waals surface area (Å²) in [5.41, 5.74) is -1.39. The number of esters is 1. The lowest BCUT2D eigenvalue weighted by atomic mass is 9.95. The van der Waals surface area contributed by atoms with Crippen molar-refractivity contribution in [3.05, 3.63) is 73.6 Å². The highest BCUT2D eigenvalue weighted by Gasteiger charge is 2.41. The molecule has 0 N–H and O–H groups in total. The van der Waals surface area contributed by atoms with E-state index in [1.54, 1.807) is 13.8 Å². The number of halogens is 7. The molecule has 3 aromatic rings. The second-order valence-corrected chi connectivity index (χ2v) is 11.6. The SMILES string of the molecule is CC(C)OC(=O)c1cc(-c2nn(C)c(C(F)(F)F)c2Br)c(F)cc1Cl.CC1(C)CON(Cc2ccccc2Cl)C1=O. The zero-order chi connectivity index (χ0) is 30.9. The average Bonchev–Trinajstić information content (AvgIpc) is 3.29. The molecule has 1 aromatic heterocycles. The van der Waals surface area contributed by atoms with Crippen LogP contribution in [-0.4, -0.2) is 39.4 Å². The van der Waals surface area contributed by atoms with Crippen LogP contribution < -0.4 is 0 Å². The molecule has 2 heterocycles. The summed E-state index contributed by atoms with van der Waals surface area (Å²) in [6.45, 7) is 7.81. The fourth-order valence-corrected chi connectivity index (χ4v) is 4.94. The van der Waals surface area contributed by atoms with Crippen LogP contribution in [0.2, 0.25) is 10.0 Å². The number of carbonyl (C=O) groups excluding carboxylic acids is 2. The molecular weight excluding hydrogens is 657 g/mol. The lowest BCUT2D eigenvalue weighted by Gasteiger charge is -2.16. The average molecular weight is 683 g/mol. The molecule has 0 atom stereocenters. The minimum Gasteiger partial charge on any atom is -0.459 e. The molecular formula is C27H26BrCl2F4N3O4. The van der Waals surface area contributed by atoms with Gasteiger partial charge < -0.3 is 4.74 Å². The van der Waals surface area contributed by atoms with E-state index >= 15 is 0 Å². The van der Waals surface area contributed by atoms with E-state index < -0.39 is 39.6 Å². The van der Waals surface area contributed by atoms with Crippen LogP contribution in [0.15, 0.2) is 40.9 Å². The normalized spacial score (nSPS) is 14.8. The van der Waals surface area contributed by atoms with Gasteiger partial charge in [0.1, 0.15) is 11.5 Å². The third-order valence-electron chi connectivity index (χ3n) is 5.79. The van der Waals surface area contributed by atoms with Gasteiger partial charge in [-0.05, 0) is 67.4 Å². The Morgan fingerprint density at radius 3 is 2.34 bits per heavy atom. The van der Waals surface area contributed by atoms with E-state index in [9.17, 15) is 27.2 Å². The van der Waals surface area contributed by atoms with Gasteiger partial charge >= 0.3 is 12.1 Å². The van der Waals surface area contributed by atoms with Crippen molar-refractivity contribution in [1.29, 1.82) is 0 Å². The molecule has 0 aliphatic carbocycles. The summed E-state index contributed by atoms with van der Waals surface area (Å²) in [5.74, 6) is -1.73. The molecule has 4 rings (SSSR count). The van der Waals surface area contributed by atoms with Crippen molar-refractivity contribution in [3.63, 3.8) is 0 Å². The maximum Gasteiger partial charge on any atom is 0.434 e. The van der Waals surface area contributed by atoms with Gasteiger partial charge in [0.05, 0.1) is 39.7 Å². The van der Waals surface area contributed by atoms with Gasteiger partial charge in [-0.25, -0.2) is 14.2 Å². The first-order valence-electron chi connectivity index (χ1n) is 12.1. The van der Waals surface area contributed by atoms with E-state index in [1.807, 2.05) is 38.1 Å². The van der Waals surface area contributed by atoms with E-state index in [4.69, 9.17) is 32.8 Å². The Morgan fingerprint density at radius 1 is 1.20 bits per heavy atom. The van der Waals surface area contributed by atoms with Gasteiger partial charge in [-0.15, -0.1) is 0 Å². The highest BCUT2D eigenvalue weighted by molar-refractivity contribution is 9.10. The largest absolute Gasteiger partial charge is 0.459 e. The van der Waals surface area contributed by atoms with Crippen LogP contribution in [0.3, 0.4) is 0 Å². The Kier molecular flexibility index (Phi) is 10.2. The van der Waals surface area contributed by atoms with Gasteiger partial charge in [-0.1, -0.05) is 41.4 Å². The number of hydroxylamine groups is 2. The first kappa shape index (κ1) is 32.8. The number of amides is 1. The first-order valence-corrected chi connectivity index (χ1v) is 13.7. The summed E-state index contributed by atoms with van der Waals surface area (Å²) in [6, 6.07) is 9.32. The van der Waals surface area contributed by atoms with Crippen molar-refractivity contribution in [2.45, 2.75) is 46.5 Å². The number of alkyl halides is 3. The van der Waals surface area contributed by atoms with Crippen LogP contribution in [0, 0.1) is 11.2 Å². The number of hydrogen-bond acceptors (Lipinski definition) is 5. The van der Waals surface area contributed by atoms with Gasteiger partial charge in [0, 0.05) is 17.6 Å². The van der Waals surface area contributed by atoms with Gasteiger partial charge in [-0.2, -0.15) is 18.3 Å². The highest BCUT2D eigenvalue weighted by atomic mass is 79.9. The van der Waals surface area contributed by atoms with Crippen LogP contribution in [0.25, 0.3) is 11.3 Å². The Bertz CT molecular complexity index is 1460. The summed E-state index contributed by atoms with van der Waals surface area (Å²) in [6.07, 6.45) is -5.14. The quantitative estimate of drug-likeness (QED) is 0.202. The predicted octanol–water partition coefficient (Wildman–Crippen LogP) is 7.87. The molecule has 0 radical (unpaired) electrons. The Labute approximate surface area is 252 Å². The zero-order valence-corrected chi connectivity index (χ0v) is 25.7. The summed E-state index contributed by atoms with van der Waals surface area (Å²) >= 11 is 14.7. The fourth-order valence-electron chi connectivity index (χ4n) is 3.74. The number of nitrogens with zero attached hydrogens (tertiary/aromatic N) is 3. The number of rotatable bonds is 5. The molecule has 0 spiro atoms. The third-order valence-corrected chi connectivity index (χ3v) is 7.22. The number of hydrogen-bond donors (Lipinski definition) is 0. The number of carbonyl (C=O) groups is 2. The van der Waals surface area contributed by atoms with Crippen molar-refractivity contribution in [1.82, 2.24) is 14.8 Å². The van der Waals surface area contributed by atoms with Crippen LogP contribution in [-0.2, 0) is 34.1 Å².